The van der Waals surface area contributed by atoms with Gasteiger partial charge in [-0.05, 0) is 25.7 Å². The molecule has 14 heavy (non-hydrogen) atoms. The molecule has 0 unspecified atom stereocenters. The first-order valence-electron chi connectivity index (χ1n) is 5.30. The minimum atomic E-state index is 1.12. The second-order valence-electron chi connectivity index (χ2n) is 3.25. The van der Waals surface area contributed by atoms with Gasteiger partial charge in [-0.3, -0.25) is 0 Å². The molecule has 0 atom stereocenters. The summed E-state index contributed by atoms with van der Waals surface area (Å²) in [6.45, 7) is 0. The van der Waals surface area contributed by atoms with Crippen LogP contribution in [0, 0.1) is 0 Å². The highest BCUT2D eigenvalue weighted by atomic mass is 13.8. The summed E-state index contributed by atoms with van der Waals surface area (Å²) in [6, 6.07) is 0. The highest BCUT2D eigenvalue weighted by molar-refractivity contribution is 5.12. The maximum absolute atomic E-state index is 2.21. The van der Waals surface area contributed by atoms with Crippen molar-refractivity contribution in [3.8, 4) is 0 Å². The smallest absolute Gasteiger partial charge is 0.0313 e. The summed E-state index contributed by atoms with van der Waals surface area (Å²) >= 11 is 0. The third kappa shape index (κ3) is 6.24. The Labute approximate surface area is 87.0 Å². The summed E-state index contributed by atoms with van der Waals surface area (Å²) in [6.07, 6.45) is 26.0. The monoisotopic (exact) mass is 186 g/mol. The van der Waals surface area contributed by atoms with E-state index in [4.69, 9.17) is 0 Å². The predicted octanol–water partition coefficient (Wildman–Crippen LogP) is 4.34. The van der Waals surface area contributed by atoms with Crippen LogP contribution in [-0.2, 0) is 0 Å². The first-order valence-corrected chi connectivity index (χ1v) is 5.30. The molecule has 0 aliphatic heterocycles. The SMILES string of the molecule is C1=CC=CCC/C=C/C=CCCC=C1. The quantitative estimate of drug-likeness (QED) is 0.528. The molecule has 0 heterocycles. The fraction of sp³-hybridized carbons (Fsp3) is 0.286. The van der Waals surface area contributed by atoms with Crippen molar-refractivity contribution in [3.05, 3.63) is 60.8 Å². The molecule has 0 saturated carbocycles. The topological polar surface area (TPSA) is 0 Å². The zero-order chi connectivity index (χ0) is 9.90. The largest absolute Gasteiger partial charge is 0.0842 e. The standard InChI is InChI=1S/C14H18/c1-2-4-6-8-10-12-14-13-11-9-7-5-3-1/h1-6,11-14H,7-10H2/b2-1?,5-3?,6-4?,13-11+,14-12?. The van der Waals surface area contributed by atoms with E-state index in [2.05, 4.69) is 60.8 Å². The fourth-order valence-electron chi connectivity index (χ4n) is 1.21. The maximum Gasteiger partial charge on any atom is -0.0313 e. The average molecular weight is 186 g/mol. The van der Waals surface area contributed by atoms with Crippen LogP contribution in [0.1, 0.15) is 25.7 Å². The van der Waals surface area contributed by atoms with Crippen molar-refractivity contribution in [3.63, 3.8) is 0 Å². The Kier molecular flexibility index (Phi) is 6.39. The van der Waals surface area contributed by atoms with Crippen LogP contribution in [0.2, 0.25) is 0 Å². The van der Waals surface area contributed by atoms with E-state index in [1.165, 1.54) is 0 Å². The Morgan fingerprint density at radius 1 is 0.357 bits per heavy atom. The van der Waals surface area contributed by atoms with Crippen molar-refractivity contribution in [1.82, 2.24) is 0 Å². The molecule has 0 N–H and O–H groups in total. The molecule has 1 aliphatic carbocycles. The third-order valence-corrected chi connectivity index (χ3v) is 1.99. The first-order chi connectivity index (χ1) is 7.00. The van der Waals surface area contributed by atoms with Gasteiger partial charge in [0, 0.05) is 0 Å². The van der Waals surface area contributed by atoms with Crippen molar-refractivity contribution in [1.29, 1.82) is 0 Å². The summed E-state index contributed by atoms with van der Waals surface area (Å²) < 4.78 is 0. The molecule has 1 aliphatic rings. The first kappa shape index (κ1) is 10.8. The molecule has 74 valence electrons. The Bertz CT molecular complexity index is 234. The number of hydrogen-bond acceptors (Lipinski definition) is 0. The molecule has 0 fully saturated rings. The van der Waals surface area contributed by atoms with Crippen LogP contribution >= 0.6 is 0 Å². The van der Waals surface area contributed by atoms with E-state index in [9.17, 15) is 0 Å². The normalized spacial score (nSPS) is 20.6. The lowest BCUT2D eigenvalue weighted by atomic mass is 10.2. The van der Waals surface area contributed by atoms with Gasteiger partial charge in [0.1, 0.15) is 0 Å². The van der Waals surface area contributed by atoms with Gasteiger partial charge in [0.25, 0.3) is 0 Å². The minimum absolute atomic E-state index is 1.12. The van der Waals surface area contributed by atoms with Crippen LogP contribution in [0.5, 0.6) is 0 Å². The van der Waals surface area contributed by atoms with Gasteiger partial charge in [0.05, 0.1) is 0 Å². The molecular weight excluding hydrogens is 168 g/mol. The summed E-state index contributed by atoms with van der Waals surface area (Å²) in [4.78, 5) is 0. The van der Waals surface area contributed by atoms with Gasteiger partial charge in [0.15, 0.2) is 0 Å². The second kappa shape index (κ2) is 8.31. The number of hydrogen-bond donors (Lipinski definition) is 0. The highest BCUT2D eigenvalue weighted by Gasteiger charge is 1.77. The number of allylic oxidation sites excluding steroid dienone is 10. The molecule has 0 aromatic rings. The Balaban J connectivity index is 2.45. The van der Waals surface area contributed by atoms with Crippen molar-refractivity contribution in [2.45, 2.75) is 25.7 Å². The lowest BCUT2D eigenvalue weighted by Gasteiger charge is -1.87. The van der Waals surface area contributed by atoms with Gasteiger partial charge in [-0.1, -0.05) is 60.8 Å². The van der Waals surface area contributed by atoms with Crippen molar-refractivity contribution in [2.75, 3.05) is 0 Å². The van der Waals surface area contributed by atoms with Crippen LogP contribution < -0.4 is 0 Å². The molecule has 0 amide bonds. The van der Waals surface area contributed by atoms with Crippen molar-refractivity contribution < 1.29 is 0 Å². The maximum atomic E-state index is 2.21. The van der Waals surface area contributed by atoms with E-state index >= 15 is 0 Å². The van der Waals surface area contributed by atoms with E-state index in [-0.39, 0.29) is 0 Å². The predicted molar refractivity (Wildman–Crippen MR) is 64.2 cm³/mol. The Morgan fingerprint density at radius 2 is 0.643 bits per heavy atom. The molecule has 0 aromatic heterocycles. The second-order valence-corrected chi connectivity index (χ2v) is 3.25. The van der Waals surface area contributed by atoms with Crippen molar-refractivity contribution in [2.24, 2.45) is 0 Å². The van der Waals surface area contributed by atoms with E-state index < -0.39 is 0 Å². The summed E-state index contributed by atoms with van der Waals surface area (Å²) in [5.74, 6) is 0. The van der Waals surface area contributed by atoms with Crippen LogP contribution in [0.4, 0.5) is 0 Å². The molecule has 0 nitrogen and oxygen atoms in total. The molecule has 0 bridgehead atoms. The average Bonchev–Trinajstić information content (AvgIpc) is 2.22. The molecular formula is C14H18. The van der Waals surface area contributed by atoms with E-state index in [1.54, 1.807) is 0 Å². The summed E-state index contributed by atoms with van der Waals surface area (Å²) in [7, 11) is 0. The Hall–Kier alpha value is -1.30. The van der Waals surface area contributed by atoms with Gasteiger partial charge in [0.2, 0.25) is 0 Å². The van der Waals surface area contributed by atoms with Gasteiger partial charge in [-0.2, -0.15) is 0 Å². The van der Waals surface area contributed by atoms with E-state index in [1.807, 2.05) is 0 Å². The molecule has 0 radical (unpaired) electrons. The zero-order valence-corrected chi connectivity index (χ0v) is 8.60. The summed E-state index contributed by atoms with van der Waals surface area (Å²) in [5, 5.41) is 0. The zero-order valence-electron chi connectivity index (χ0n) is 8.60. The van der Waals surface area contributed by atoms with Crippen molar-refractivity contribution >= 4 is 0 Å². The van der Waals surface area contributed by atoms with E-state index in [0.29, 0.717) is 0 Å². The molecule has 1 rings (SSSR count). The Morgan fingerprint density at radius 3 is 1.00 bits per heavy atom. The molecule has 0 heteroatoms. The van der Waals surface area contributed by atoms with Crippen LogP contribution in [0.15, 0.2) is 60.8 Å². The van der Waals surface area contributed by atoms with Gasteiger partial charge < -0.3 is 0 Å². The molecule has 0 spiro atoms. The highest BCUT2D eigenvalue weighted by Crippen LogP contribution is 1.97. The van der Waals surface area contributed by atoms with Crippen LogP contribution in [0.25, 0.3) is 0 Å². The van der Waals surface area contributed by atoms with Gasteiger partial charge >= 0.3 is 0 Å². The van der Waals surface area contributed by atoms with Crippen LogP contribution in [0.3, 0.4) is 0 Å². The van der Waals surface area contributed by atoms with Gasteiger partial charge in [-0.25, -0.2) is 0 Å². The lowest BCUT2D eigenvalue weighted by Crippen LogP contribution is -1.66. The lowest BCUT2D eigenvalue weighted by molar-refractivity contribution is 1.04. The van der Waals surface area contributed by atoms with E-state index in [0.717, 1.165) is 25.7 Å². The van der Waals surface area contributed by atoms with Crippen LogP contribution in [-0.4, -0.2) is 0 Å². The third-order valence-electron chi connectivity index (χ3n) is 1.99. The summed E-state index contributed by atoms with van der Waals surface area (Å²) in [5.41, 5.74) is 0. The molecule has 0 aromatic carbocycles. The minimum Gasteiger partial charge on any atom is -0.0842 e. The van der Waals surface area contributed by atoms with Gasteiger partial charge in [-0.15, -0.1) is 0 Å². The fourth-order valence-corrected chi connectivity index (χ4v) is 1.21. The molecule has 0 saturated heterocycles. The number of rotatable bonds is 0.